The van der Waals surface area contributed by atoms with Crippen molar-refractivity contribution in [3.63, 3.8) is 0 Å². The zero-order valence-electron chi connectivity index (χ0n) is 20.9. The Balaban J connectivity index is 1.53. The van der Waals surface area contributed by atoms with Crippen molar-refractivity contribution in [1.29, 1.82) is 10.5 Å². The SMILES string of the molecule is N#Cc1ccc(-c2c3nc(nc4ccc([nH]4)c(-c4ccc(C#N)cc4)c4nc(nc5ccc2[nH]5)C=C4)C=C3)cc1. The lowest BCUT2D eigenvalue weighted by Crippen LogP contribution is -1.88. The Hall–Kier alpha value is -6.12. The van der Waals surface area contributed by atoms with E-state index in [0.717, 1.165) is 44.7 Å². The number of hydrogen-bond donors (Lipinski definition) is 2. The normalized spacial score (nSPS) is 11.8. The van der Waals surface area contributed by atoms with Crippen LogP contribution >= 0.6 is 0 Å². The van der Waals surface area contributed by atoms with Crippen LogP contribution in [0.3, 0.4) is 0 Å². The lowest BCUT2D eigenvalue weighted by atomic mass is 10.0. The third-order valence-electron chi connectivity index (χ3n) is 6.72. The molecule has 0 saturated carbocycles. The minimum absolute atomic E-state index is 0.562. The average molecular weight is 515 g/mol. The summed E-state index contributed by atoms with van der Waals surface area (Å²) in [5, 5.41) is 18.5. The second-order valence-electron chi connectivity index (χ2n) is 9.24. The molecule has 0 fully saturated rings. The summed E-state index contributed by atoms with van der Waals surface area (Å²) in [5.41, 5.74) is 9.20. The molecule has 2 aromatic carbocycles. The standard InChI is InChI=1S/C32H18N8/c33-17-19-1-5-21(6-2-19)31-23-9-13-27(35-23)39-29-15-11-25(37-29)32(22-7-3-20(18-34)4-8-22)26-12-16-30(38-26)40-28-14-10-24(31)36-28/h1-16H,(H,35,37,39)(H,36,38,40). The van der Waals surface area contributed by atoms with E-state index >= 15 is 0 Å². The van der Waals surface area contributed by atoms with Crippen LogP contribution in [-0.2, 0) is 0 Å². The van der Waals surface area contributed by atoms with Crippen molar-refractivity contribution in [3.8, 4) is 34.4 Å². The molecule has 0 atom stereocenters. The molecular formula is C32H18N8. The van der Waals surface area contributed by atoms with Gasteiger partial charge in [0, 0.05) is 22.2 Å². The van der Waals surface area contributed by atoms with E-state index in [-0.39, 0.29) is 0 Å². The Morgan fingerprint density at radius 3 is 1.30 bits per heavy atom. The molecule has 5 heterocycles. The minimum Gasteiger partial charge on any atom is -0.340 e. The summed E-state index contributed by atoms with van der Waals surface area (Å²) in [5.74, 6) is 1.12. The topological polar surface area (TPSA) is 131 Å². The van der Waals surface area contributed by atoms with Gasteiger partial charge in [0.2, 0.25) is 0 Å². The van der Waals surface area contributed by atoms with Gasteiger partial charge >= 0.3 is 0 Å². The van der Waals surface area contributed by atoms with Crippen LogP contribution in [-0.4, -0.2) is 29.9 Å². The van der Waals surface area contributed by atoms with Gasteiger partial charge in [0.15, 0.2) is 11.6 Å². The van der Waals surface area contributed by atoms with Gasteiger partial charge in [-0.15, -0.1) is 0 Å². The molecule has 0 radical (unpaired) electrons. The summed E-state index contributed by atoms with van der Waals surface area (Å²) in [4.78, 5) is 26.0. The van der Waals surface area contributed by atoms with Gasteiger partial charge in [0.25, 0.3) is 0 Å². The second-order valence-corrected chi connectivity index (χ2v) is 9.24. The van der Waals surface area contributed by atoms with Gasteiger partial charge in [-0.1, -0.05) is 24.3 Å². The molecule has 8 heteroatoms. The van der Waals surface area contributed by atoms with Gasteiger partial charge in [-0.2, -0.15) is 10.5 Å². The van der Waals surface area contributed by atoms with Crippen LogP contribution in [0.1, 0.15) is 34.2 Å². The molecule has 0 aliphatic carbocycles. The Bertz CT molecular complexity index is 1960. The van der Waals surface area contributed by atoms with Crippen LogP contribution in [0.5, 0.6) is 0 Å². The van der Waals surface area contributed by atoms with Gasteiger partial charge in [-0.25, -0.2) is 19.9 Å². The number of H-pyrrole nitrogens is 2. The summed E-state index contributed by atoms with van der Waals surface area (Å²) in [6, 6.07) is 26.9. The summed E-state index contributed by atoms with van der Waals surface area (Å²) in [7, 11) is 0. The van der Waals surface area contributed by atoms with Gasteiger partial charge in [0.05, 0.1) is 34.7 Å². The van der Waals surface area contributed by atoms with Gasteiger partial charge < -0.3 is 9.97 Å². The largest absolute Gasteiger partial charge is 0.340 e. The van der Waals surface area contributed by atoms with E-state index in [9.17, 15) is 10.5 Å². The highest BCUT2D eigenvalue weighted by molar-refractivity contribution is 5.92. The molecule has 5 aromatic rings. The predicted octanol–water partition coefficient (Wildman–Crippen LogP) is 6.52. The second kappa shape index (κ2) is 9.32. The molecule has 8 nitrogen and oxygen atoms in total. The highest BCUT2D eigenvalue weighted by atomic mass is 15.0. The molecule has 2 aliphatic rings. The molecule has 8 bridgehead atoms. The molecule has 0 spiro atoms. The molecule has 2 N–H and O–H groups in total. The fraction of sp³-hybridized carbons (Fsp3) is 0. The first-order valence-corrected chi connectivity index (χ1v) is 12.5. The quantitative estimate of drug-likeness (QED) is 0.270. The molecule has 0 amide bonds. The molecule has 186 valence electrons. The van der Waals surface area contributed by atoms with Crippen molar-refractivity contribution in [2.45, 2.75) is 0 Å². The van der Waals surface area contributed by atoms with E-state index in [0.29, 0.717) is 34.1 Å². The molecule has 40 heavy (non-hydrogen) atoms. The summed E-state index contributed by atoms with van der Waals surface area (Å²) >= 11 is 0. The van der Waals surface area contributed by atoms with Gasteiger partial charge in [-0.05, 0) is 84.0 Å². The Morgan fingerprint density at radius 1 is 0.475 bits per heavy atom. The molecule has 0 saturated heterocycles. The third kappa shape index (κ3) is 4.12. The van der Waals surface area contributed by atoms with Crippen LogP contribution in [0.2, 0.25) is 0 Å². The van der Waals surface area contributed by atoms with Crippen LogP contribution < -0.4 is 0 Å². The summed E-state index contributed by atoms with van der Waals surface area (Å²) in [6.45, 7) is 0. The molecule has 7 rings (SSSR count). The number of nitrogens with one attached hydrogen (secondary N) is 2. The van der Waals surface area contributed by atoms with Crippen LogP contribution in [0.4, 0.5) is 0 Å². The van der Waals surface area contributed by atoms with Gasteiger partial charge in [0.1, 0.15) is 11.3 Å². The van der Waals surface area contributed by atoms with Crippen LogP contribution in [0.15, 0.2) is 72.8 Å². The van der Waals surface area contributed by atoms with Crippen LogP contribution in [0.25, 0.3) is 68.9 Å². The molecular weight excluding hydrogens is 496 g/mol. The Labute approximate surface area is 228 Å². The van der Waals surface area contributed by atoms with E-state index in [4.69, 9.17) is 19.9 Å². The summed E-state index contributed by atoms with van der Waals surface area (Å²) in [6.07, 6.45) is 7.62. The van der Waals surface area contributed by atoms with Crippen molar-refractivity contribution >= 4 is 46.6 Å². The Morgan fingerprint density at radius 2 is 0.900 bits per heavy atom. The zero-order chi connectivity index (χ0) is 27.1. The minimum atomic E-state index is 0.562. The number of benzene rings is 2. The fourth-order valence-electron chi connectivity index (χ4n) is 4.85. The van der Waals surface area contributed by atoms with Crippen molar-refractivity contribution in [1.82, 2.24) is 29.9 Å². The number of hydrogen-bond acceptors (Lipinski definition) is 6. The van der Waals surface area contributed by atoms with E-state index in [2.05, 4.69) is 22.1 Å². The van der Waals surface area contributed by atoms with Crippen molar-refractivity contribution < 1.29 is 0 Å². The monoisotopic (exact) mass is 514 g/mol. The lowest BCUT2D eigenvalue weighted by molar-refractivity contribution is 1.18. The van der Waals surface area contributed by atoms with E-state index in [1.807, 2.05) is 72.8 Å². The lowest BCUT2D eigenvalue weighted by Gasteiger charge is -2.04. The van der Waals surface area contributed by atoms with E-state index in [1.165, 1.54) is 0 Å². The molecule has 3 aromatic heterocycles. The number of aromatic nitrogens is 6. The molecule has 2 aliphatic heterocycles. The van der Waals surface area contributed by atoms with E-state index in [1.54, 1.807) is 24.3 Å². The third-order valence-corrected chi connectivity index (χ3v) is 6.72. The maximum atomic E-state index is 9.26. The first kappa shape index (κ1) is 23.0. The van der Waals surface area contributed by atoms with Crippen molar-refractivity contribution in [2.24, 2.45) is 0 Å². The van der Waals surface area contributed by atoms with Crippen molar-refractivity contribution in [2.75, 3.05) is 0 Å². The first-order chi connectivity index (χ1) is 19.7. The summed E-state index contributed by atoms with van der Waals surface area (Å²) < 4.78 is 0. The number of rotatable bonds is 2. The average Bonchev–Trinajstić information content (AvgIpc) is 3.80. The van der Waals surface area contributed by atoms with Crippen LogP contribution in [0, 0.1) is 22.7 Å². The molecule has 0 unspecified atom stereocenters. The number of fused-ring (bicyclic) bond motifs is 8. The highest BCUT2D eigenvalue weighted by Gasteiger charge is 2.14. The first-order valence-electron chi connectivity index (χ1n) is 12.5. The highest BCUT2D eigenvalue weighted by Crippen LogP contribution is 2.31. The maximum Gasteiger partial charge on any atom is 0.155 e. The number of aromatic amines is 2. The zero-order valence-corrected chi connectivity index (χ0v) is 20.9. The van der Waals surface area contributed by atoms with Crippen molar-refractivity contribution in [3.05, 3.63) is 107 Å². The predicted molar refractivity (Wildman–Crippen MR) is 155 cm³/mol. The Kier molecular flexibility index (Phi) is 5.37. The van der Waals surface area contributed by atoms with E-state index < -0.39 is 0 Å². The maximum absolute atomic E-state index is 9.26. The smallest absolute Gasteiger partial charge is 0.155 e. The number of nitriles is 2. The van der Waals surface area contributed by atoms with Gasteiger partial charge in [-0.3, -0.25) is 0 Å². The number of nitrogens with zero attached hydrogens (tertiary/aromatic N) is 6. The fourth-order valence-corrected chi connectivity index (χ4v) is 4.85.